The summed E-state index contributed by atoms with van der Waals surface area (Å²) >= 11 is 6.27. The van der Waals surface area contributed by atoms with Gasteiger partial charge >= 0.3 is 0 Å². The van der Waals surface area contributed by atoms with Crippen molar-refractivity contribution in [1.29, 1.82) is 0 Å². The van der Waals surface area contributed by atoms with E-state index in [9.17, 15) is 9.59 Å². The van der Waals surface area contributed by atoms with Gasteiger partial charge in [-0.1, -0.05) is 29.8 Å². The van der Waals surface area contributed by atoms with Crippen LogP contribution in [0.25, 0.3) is 0 Å². The van der Waals surface area contributed by atoms with Gasteiger partial charge in [0, 0.05) is 44.2 Å². The summed E-state index contributed by atoms with van der Waals surface area (Å²) in [7, 11) is 0. The minimum Gasteiger partial charge on any atom is -0.347 e. The lowest BCUT2D eigenvalue weighted by Gasteiger charge is -2.35. The van der Waals surface area contributed by atoms with Gasteiger partial charge in [0.1, 0.15) is 0 Å². The molecule has 0 radical (unpaired) electrons. The van der Waals surface area contributed by atoms with E-state index in [1.807, 2.05) is 23.1 Å². The molecule has 5 aliphatic rings. The second-order valence-corrected chi connectivity index (χ2v) is 10.5. The predicted molar refractivity (Wildman–Crippen MR) is 117 cm³/mol. The summed E-state index contributed by atoms with van der Waals surface area (Å²) in [6.07, 6.45) is 7.17. The minimum atomic E-state index is 0.0375. The second-order valence-electron chi connectivity index (χ2n) is 10.1. The first kappa shape index (κ1) is 20.3. The number of amides is 2. The third-order valence-electron chi connectivity index (χ3n) is 8.18. The number of nitrogens with zero attached hydrogens (tertiary/aromatic N) is 2. The Morgan fingerprint density at radius 3 is 2.43 bits per heavy atom. The highest BCUT2D eigenvalue weighted by molar-refractivity contribution is 6.31. The number of hydrogen-bond donors (Lipinski definition) is 1. The Kier molecular flexibility index (Phi) is 5.53. The van der Waals surface area contributed by atoms with Crippen molar-refractivity contribution >= 4 is 23.4 Å². The van der Waals surface area contributed by atoms with E-state index in [1.54, 1.807) is 0 Å². The summed E-state index contributed by atoms with van der Waals surface area (Å²) < 4.78 is 0. The molecule has 1 N–H and O–H groups in total. The normalized spacial score (nSPS) is 32.6. The molecule has 0 spiro atoms. The summed E-state index contributed by atoms with van der Waals surface area (Å²) in [6, 6.07) is 7.92. The predicted octanol–water partition coefficient (Wildman–Crippen LogP) is 3.32. The maximum absolute atomic E-state index is 12.6. The highest BCUT2D eigenvalue weighted by Gasteiger charge is 2.57. The Morgan fingerprint density at radius 2 is 1.73 bits per heavy atom. The summed E-state index contributed by atoms with van der Waals surface area (Å²) in [5.41, 5.74) is 1.38. The lowest BCUT2D eigenvalue weighted by atomic mass is 9.73. The van der Waals surface area contributed by atoms with Crippen molar-refractivity contribution < 1.29 is 9.59 Å². The molecule has 1 aromatic rings. The molecular formula is C24H32ClN3O2. The van der Waals surface area contributed by atoms with E-state index in [0.29, 0.717) is 19.5 Å². The molecule has 1 saturated heterocycles. The maximum Gasteiger partial charge on any atom is 0.242 e. The molecular weight excluding hydrogens is 398 g/mol. The topological polar surface area (TPSA) is 52.7 Å². The van der Waals surface area contributed by atoms with Crippen molar-refractivity contribution in [2.75, 3.05) is 32.7 Å². The quantitative estimate of drug-likeness (QED) is 0.754. The number of piperazine rings is 1. The zero-order valence-corrected chi connectivity index (χ0v) is 18.4. The molecule has 1 aliphatic heterocycles. The molecule has 1 heterocycles. The van der Waals surface area contributed by atoms with Crippen LogP contribution in [0.3, 0.4) is 0 Å². The number of halogens is 1. The van der Waals surface area contributed by atoms with E-state index in [0.717, 1.165) is 48.0 Å². The zero-order valence-electron chi connectivity index (χ0n) is 17.6. The fraction of sp³-hybridized carbons (Fsp3) is 0.667. The van der Waals surface area contributed by atoms with Crippen molar-refractivity contribution in [3.05, 3.63) is 34.9 Å². The van der Waals surface area contributed by atoms with Crippen LogP contribution < -0.4 is 5.32 Å². The van der Waals surface area contributed by atoms with E-state index < -0.39 is 0 Å². The van der Waals surface area contributed by atoms with Crippen molar-refractivity contribution in [2.45, 2.75) is 45.1 Å². The lowest BCUT2D eigenvalue weighted by molar-refractivity contribution is -0.135. The molecule has 1 aromatic carbocycles. The molecule has 2 atom stereocenters. The van der Waals surface area contributed by atoms with Crippen molar-refractivity contribution in [3.63, 3.8) is 0 Å². The van der Waals surface area contributed by atoms with Crippen LogP contribution >= 0.6 is 11.6 Å². The van der Waals surface area contributed by atoms with E-state index in [-0.39, 0.29) is 23.8 Å². The van der Waals surface area contributed by atoms with Crippen LogP contribution in [0.2, 0.25) is 5.02 Å². The summed E-state index contributed by atoms with van der Waals surface area (Å²) in [4.78, 5) is 29.5. The van der Waals surface area contributed by atoms with Gasteiger partial charge in [0.2, 0.25) is 11.8 Å². The molecule has 30 heavy (non-hydrogen) atoms. The fourth-order valence-corrected chi connectivity index (χ4v) is 7.14. The second kappa shape index (κ2) is 8.16. The number of nitrogens with one attached hydrogen (secondary N) is 1. The average molecular weight is 430 g/mol. The van der Waals surface area contributed by atoms with Crippen LogP contribution in [-0.4, -0.2) is 54.3 Å². The van der Waals surface area contributed by atoms with E-state index in [1.165, 1.54) is 32.1 Å². The minimum absolute atomic E-state index is 0.0375. The van der Waals surface area contributed by atoms with Gasteiger partial charge in [0.15, 0.2) is 0 Å². The summed E-state index contributed by atoms with van der Waals surface area (Å²) in [5.74, 6) is 2.59. The van der Waals surface area contributed by atoms with Gasteiger partial charge in [0.05, 0.1) is 6.54 Å². The van der Waals surface area contributed by atoms with Crippen molar-refractivity contribution in [3.8, 4) is 0 Å². The van der Waals surface area contributed by atoms with E-state index in [4.69, 9.17) is 11.6 Å². The van der Waals surface area contributed by atoms with Crippen LogP contribution in [0.4, 0.5) is 0 Å². The van der Waals surface area contributed by atoms with Crippen LogP contribution in [-0.2, 0) is 16.1 Å². The molecule has 0 aromatic heterocycles. The van der Waals surface area contributed by atoms with Gasteiger partial charge in [-0.15, -0.1) is 0 Å². The van der Waals surface area contributed by atoms with Gasteiger partial charge in [-0.2, -0.15) is 0 Å². The average Bonchev–Trinajstić information content (AvgIpc) is 3.11. The molecule has 6 rings (SSSR count). The van der Waals surface area contributed by atoms with Crippen LogP contribution in [0.5, 0.6) is 0 Å². The largest absolute Gasteiger partial charge is 0.347 e. The molecule has 6 heteroatoms. The molecule has 162 valence electrons. The molecule has 2 amide bonds. The molecule has 5 fully saturated rings. The standard InChI is InChI=1S/C24H32ClN3O2/c25-21-4-2-1-3-19(21)16-27-5-7-28(8-6-27)23(30)15-26-22(29)14-24-12-17-9-18(13-24)11-20(24)10-17/h1-4,17-18,20H,5-16H2,(H,26,29). The third-order valence-corrected chi connectivity index (χ3v) is 8.55. The highest BCUT2D eigenvalue weighted by Crippen LogP contribution is 2.66. The Balaban J connectivity index is 1.05. The van der Waals surface area contributed by atoms with Gasteiger partial charge in [-0.05, 0) is 66.9 Å². The van der Waals surface area contributed by atoms with E-state index in [2.05, 4.69) is 16.3 Å². The lowest BCUT2D eigenvalue weighted by Crippen LogP contribution is -2.51. The molecule has 4 aliphatic carbocycles. The fourth-order valence-electron chi connectivity index (χ4n) is 6.94. The molecule has 5 nitrogen and oxygen atoms in total. The van der Waals surface area contributed by atoms with Gasteiger partial charge in [0.25, 0.3) is 0 Å². The number of rotatable bonds is 6. The Bertz CT molecular complexity index is 806. The monoisotopic (exact) mass is 429 g/mol. The summed E-state index contributed by atoms with van der Waals surface area (Å²) in [6.45, 7) is 4.01. The Labute approximate surface area is 184 Å². The van der Waals surface area contributed by atoms with Gasteiger partial charge < -0.3 is 10.2 Å². The van der Waals surface area contributed by atoms with Crippen LogP contribution in [0.1, 0.15) is 44.1 Å². The Morgan fingerprint density at radius 1 is 1.03 bits per heavy atom. The molecule has 4 bridgehead atoms. The Hall–Kier alpha value is -1.59. The SMILES string of the molecule is O=C(CC12CC3CC(CC1C3)C2)NCC(=O)N1CCN(Cc2ccccc2Cl)CC1. The number of hydrogen-bond acceptors (Lipinski definition) is 3. The van der Waals surface area contributed by atoms with Crippen molar-refractivity contribution in [1.82, 2.24) is 15.1 Å². The van der Waals surface area contributed by atoms with Crippen molar-refractivity contribution in [2.24, 2.45) is 23.2 Å². The number of carbonyl (C=O) groups excluding carboxylic acids is 2. The first-order chi connectivity index (χ1) is 14.5. The third kappa shape index (κ3) is 3.99. The molecule has 2 unspecified atom stereocenters. The number of carbonyl (C=O) groups is 2. The smallest absolute Gasteiger partial charge is 0.242 e. The number of benzene rings is 1. The van der Waals surface area contributed by atoms with Crippen LogP contribution in [0, 0.1) is 23.2 Å². The molecule has 4 saturated carbocycles. The van der Waals surface area contributed by atoms with Gasteiger partial charge in [-0.3, -0.25) is 14.5 Å². The first-order valence-corrected chi connectivity index (χ1v) is 11.9. The first-order valence-electron chi connectivity index (χ1n) is 11.5. The van der Waals surface area contributed by atoms with E-state index >= 15 is 0 Å². The van der Waals surface area contributed by atoms with Gasteiger partial charge in [-0.25, -0.2) is 0 Å². The van der Waals surface area contributed by atoms with Crippen LogP contribution in [0.15, 0.2) is 24.3 Å². The highest BCUT2D eigenvalue weighted by atomic mass is 35.5. The maximum atomic E-state index is 12.6. The summed E-state index contributed by atoms with van der Waals surface area (Å²) in [5, 5.41) is 3.73. The zero-order chi connectivity index (χ0) is 20.7.